The number of carbonyl (C=O) groups excluding carboxylic acids is 2. The number of urea groups is 1. The molecule has 0 radical (unpaired) electrons. The maximum absolute atomic E-state index is 12.8. The van der Waals surface area contributed by atoms with Gasteiger partial charge >= 0.3 is 6.03 Å². The molecule has 2 N–H and O–H groups in total. The lowest BCUT2D eigenvalue weighted by molar-refractivity contribution is -0.121. The molecule has 0 aliphatic carbocycles. The molecule has 2 aromatic rings. The Morgan fingerprint density at radius 3 is 2.38 bits per heavy atom. The molecule has 2 saturated heterocycles. The molecule has 0 atom stereocenters. The molecule has 5 rings (SSSR count). The van der Waals surface area contributed by atoms with Gasteiger partial charge in [0.25, 0.3) is 0 Å². The maximum Gasteiger partial charge on any atom is 0.317 e. The fraction of sp³-hybridized carbons (Fsp3) is 0.462. The Bertz CT molecular complexity index is 999. The predicted molar refractivity (Wildman–Crippen MR) is 129 cm³/mol. The normalized spacial score (nSPS) is 19.1. The van der Waals surface area contributed by atoms with Gasteiger partial charge in [-0.2, -0.15) is 0 Å². The topological polar surface area (TPSA) is 83.1 Å². The first kappa shape index (κ1) is 22.5. The van der Waals surface area contributed by atoms with E-state index in [-0.39, 0.29) is 30.7 Å². The second-order valence-corrected chi connectivity index (χ2v) is 9.30. The summed E-state index contributed by atoms with van der Waals surface area (Å²) in [6.45, 7) is 4.34. The minimum Gasteiger partial charge on any atom is -0.454 e. The minimum absolute atomic E-state index is 0.00358. The summed E-state index contributed by atoms with van der Waals surface area (Å²) in [6.07, 6.45) is 3.26. The van der Waals surface area contributed by atoms with E-state index in [4.69, 9.17) is 9.47 Å². The van der Waals surface area contributed by atoms with Gasteiger partial charge in [-0.05, 0) is 43.4 Å². The molecule has 0 unspecified atom stereocenters. The third-order valence-corrected chi connectivity index (χ3v) is 6.96. The van der Waals surface area contributed by atoms with Crippen molar-refractivity contribution < 1.29 is 19.1 Å². The molecule has 34 heavy (non-hydrogen) atoms. The number of hydrogen-bond donors (Lipinski definition) is 2. The summed E-state index contributed by atoms with van der Waals surface area (Å²) in [5, 5.41) is 6.19. The number of benzene rings is 2. The van der Waals surface area contributed by atoms with Crippen molar-refractivity contribution in [1.29, 1.82) is 0 Å². The lowest BCUT2D eigenvalue weighted by Crippen LogP contribution is -2.51. The number of amides is 3. The van der Waals surface area contributed by atoms with E-state index in [1.165, 1.54) is 5.56 Å². The van der Waals surface area contributed by atoms with Gasteiger partial charge in [0.1, 0.15) is 0 Å². The number of fused-ring (bicyclic) bond motifs is 1. The lowest BCUT2D eigenvalue weighted by atomic mass is 9.96. The zero-order valence-electron chi connectivity index (χ0n) is 19.4. The first-order chi connectivity index (χ1) is 16.6. The van der Waals surface area contributed by atoms with E-state index in [0.717, 1.165) is 32.5 Å². The fourth-order valence-corrected chi connectivity index (χ4v) is 4.91. The highest BCUT2D eigenvalue weighted by molar-refractivity contribution is 5.93. The van der Waals surface area contributed by atoms with Crippen molar-refractivity contribution in [3.05, 3.63) is 54.1 Å². The third-order valence-electron chi connectivity index (χ3n) is 6.96. The summed E-state index contributed by atoms with van der Waals surface area (Å²) in [5.74, 6) is 1.23. The zero-order valence-corrected chi connectivity index (χ0v) is 19.4. The van der Waals surface area contributed by atoms with Gasteiger partial charge in [-0.25, -0.2) is 4.79 Å². The van der Waals surface area contributed by atoms with Gasteiger partial charge in [-0.1, -0.05) is 30.3 Å². The van der Waals surface area contributed by atoms with Gasteiger partial charge in [0.05, 0.1) is 0 Å². The summed E-state index contributed by atoms with van der Waals surface area (Å²) >= 11 is 0. The number of nitrogens with zero attached hydrogens (tertiary/aromatic N) is 2. The number of ether oxygens (including phenoxy) is 2. The molecule has 0 aromatic heterocycles. The second kappa shape index (κ2) is 10.3. The van der Waals surface area contributed by atoms with E-state index in [0.29, 0.717) is 43.1 Å². The molecule has 0 saturated carbocycles. The van der Waals surface area contributed by atoms with E-state index in [9.17, 15) is 9.59 Å². The number of nitrogens with one attached hydrogen (secondary N) is 2. The van der Waals surface area contributed by atoms with Crippen molar-refractivity contribution in [2.45, 2.75) is 38.3 Å². The van der Waals surface area contributed by atoms with Gasteiger partial charge in [0, 0.05) is 56.4 Å². The van der Waals surface area contributed by atoms with Gasteiger partial charge in [0.15, 0.2) is 11.5 Å². The maximum atomic E-state index is 12.8. The van der Waals surface area contributed by atoms with Crippen LogP contribution < -0.4 is 20.1 Å². The smallest absolute Gasteiger partial charge is 0.317 e. The molecule has 8 nitrogen and oxygen atoms in total. The molecule has 8 heteroatoms. The van der Waals surface area contributed by atoms with Gasteiger partial charge in [-0.3, -0.25) is 9.69 Å². The number of anilines is 1. The van der Waals surface area contributed by atoms with E-state index in [1.807, 2.05) is 17.0 Å². The molecule has 3 amide bonds. The van der Waals surface area contributed by atoms with Crippen molar-refractivity contribution in [2.24, 2.45) is 5.92 Å². The molecular formula is C26H32N4O4. The average molecular weight is 465 g/mol. The van der Waals surface area contributed by atoms with Gasteiger partial charge < -0.3 is 25.0 Å². The Morgan fingerprint density at radius 1 is 0.882 bits per heavy atom. The number of likely N-dealkylation sites (tertiary alicyclic amines) is 2. The Labute approximate surface area is 200 Å². The van der Waals surface area contributed by atoms with Crippen LogP contribution in [0.15, 0.2) is 48.5 Å². The summed E-state index contributed by atoms with van der Waals surface area (Å²) in [5.41, 5.74) is 2.03. The molecule has 3 aliphatic rings. The second-order valence-electron chi connectivity index (χ2n) is 9.30. The van der Waals surface area contributed by atoms with Crippen LogP contribution in [0.25, 0.3) is 0 Å². The molecule has 3 heterocycles. The van der Waals surface area contributed by atoms with Crippen molar-refractivity contribution in [3.63, 3.8) is 0 Å². The minimum atomic E-state index is -0.101. The number of piperidine rings is 2. The van der Waals surface area contributed by atoms with Crippen LogP contribution in [0.3, 0.4) is 0 Å². The largest absolute Gasteiger partial charge is 0.454 e. The highest BCUT2D eigenvalue weighted by atomic mass is 16.7. The first-order valence-electron chi connectivity index (χ1n) is 12.2. The fourth-order valence-electron chi connectivity index (χ4n) is 4.91. The Balaban J connectivity index is 1.03. The monoisotopic (exact) mass is 464 g/mol. The highest BCUT2D eigenvalue weighted by Gasteiger charge is 2.29. The van der Waals surface area contributed by atoms with Crippen molar-refractivity contribution in [2.75, 3.05) is 38.3 Å². The lowest BCUT2D eigenvalue weighted by Gasteiger charge is -2.35. The number of hydrogen-bond acceptors (Lipinski definition) is 5. The van der Waals surface area contributed by atoms with Crippen molar-refractivity contribution in [3.8, 4) is 11.5 Å². The predicted octanol–water partition coefficient (Wildman–Crippen LogP) is 3.44. The van der Waals surface area contributed by atoms with Crippen LogP contribution in [-0.2, 0) is 11.3 Å². The van der Waals surface area contributed by atoms with Crippen LogP contribution in [0, 0.1) is 5.92 Å². The first-order valence-corrected chi connectivity index (χ1v) is 12.2. The van der Waals surface area contributed by atoms with Crippen LogP contribution in [0.1, 0.15) is 31.2 Å². The van der Waals surface area contributed by atoms with E-state index in [2.05, 4.69) is 39.8 Å². The molecule has 3 aliphatic heterocycles. The molecule has 0 spiro atoms. The Hall–Kier alpha value is -3.26. The zero-order chi connectivity index (χ0) is 23.3. The van der Waals surface area contributed by atoms with Crippen molar-refractivity contribution >= 4 is 17.6 Å². The third kappa shape index (κ3) is 5.44. The van der Waals surface area contributed by atoms with E-state index >= 15 is 0 Å². The summed E-state index contributed by atoms with van der Waals surface area (Å²) < 4.78 is 10.7. The van der Waals surface area contributed by atoms with Crippen LogP contribution >= 0.6 is 0 Å². The Kier molecular flexibility index (Phi) is 6.85. The van der Waals surface area contributed by atoms with Crippen LogP contribution in [0.2, 0.25) is 0 Å². The standard InChI is InChI=1S/C26H32N4O4/c31-25(27-22-6-7-23-24(16-22)34-18-33-23)20-8-14-30(15-9-20)26(32)28-21-10-12-29(13-11-21)17-19-4-2-1-3-5-19/h1-7,16,20-21H,8-15,17-18H2,(H,27,31)(H,28,32). The van der Waals surface area contributed by atoms with Crippen LogP contribution in [-0.4, -0.2) is 60.8 Å². The Morgan fingerprint density at radius 2 is 1.62 bits per heavy atom. The van der Waals surface area contributed by atoms with E-state index in [1.54, 1.807) is 12.1 Å². The molecular weight excluding hydrogens is 432 g/mol. The number of rotatable bonds is 5. The summed E-state index contributed by atoms with van der Waals surface area (Å²) in [6, 6.07) is 16.1. The highest BCUT2D eigenvalue weighted by Crippen LogP contribution is 2.34. The van der Waals surface area contributed by atoms with Gasteiger partial charge in [0.2, 0.25) is 12.7 Å². The number of carbonyl (C=O) groups is 2. The quantitative estimate of drug-likeness (QED) is 0.708. The average Bonchev–Trinajstić information content (AvgIpc) is 3.34. The summed E-state index contributed by atoms with van der Waals surface area (Å²) in [7, 11) is 0. The summed E-state index contributed by atoms with van der Waals surface area (Å²) in [4.78, 5) is 29.8. The van der Waals surface area contributed by atoms with Crippen LogP contribution in [0.4, 0.5) is 10.5 Å². The molecule has 0 bridgehead atoms. The molecule has 180 valence electrons. The van der Waals surface area contributed by atoms with Gasteiger partial charge in [-0.15, -0.1) is 0 Å². The van der Waals surface area contributed by atoms with E-state index < -0.39 is 0 Å². The van der Waals surface area contributed by atoms with Crippen LogP contribution in [0.5, 0.6) is 11.5 Å². The molecule has 2 aromatic carbocycles. The SMILES string of the molecule is O=C(Nc1ccc2c(c1)OCO2)C1CCN(C(=O)NC2CCN(Cc3ccccc3)CC2)CC1. The molecule has 2 fully saturated rings. The van der Waals surface area contributed by atoms with Crippen molar-refractivity contribution in [1.82, 2.24) is 15.1 Å².